The van der Waals surface area contributed by atoms with Crippen molar-refractivity contribution < 1.29 is 9.53 Å². The van der Waals surface area contributed by atoms with E-state index in [1.165, 1.54) is 26.4 Å². The van der Waals surface area contributed by atoms with Gasteiger partial charge in [0.15, 0.2) is 0 Å². The van der Waals surface area contributed by atoms with Crippen molar-refractivity contribution in [1.29, 1.82) is 0 Å². The maximum Gasteiger partial charge on any atom is 0.309 e. The van der Waals surface area contributed by atoms with Gasteiger partial charge in [0.2, 0.25) is 0 Å². The monoisotopic (exact) mass is 244 g/mol. The lowest BCUT2D eigenvalue weighted by Crippen LogP contribution is -2.10. The average molecular weight is 244 g/mol. The van der Waals surface area contributed by atoms with E-state index in [2.05, 4.69) is 14.7 Å². The first-order valence-electron chi connectivity index (χ1n) is 6.31. The number of rotatable bonds is 3. The van der Waals surface area contributed by atoms with Crippen LogP contribution in [0.1, 0.15) is 36.6 Å². The minimum absolute atomic E-state index is 0.215. The van der Waals surface area contributed by atoms with E-state index in [1.54, 1.807) is 0 Å². The number of hydrogen-bond donors (Lipinski definition) is 1. The molecule has 18 heavy (non-hydrogen) atoms. The summed E-state index contributed by atoms with van der Waals surface area (Å²) in [6, 6.07) is 5.89. The standard InChI is InChI=1S/C14H16N2O2/c1-18-13(17)8-9-5-6-11-12(7-9)16-14(15-11)10-3-2-4-10/h5-7,10H,2-4,8H2,1H3,(H,15,16). The van der Waals surface area contributed by atoms with Crippen LogP contribution in [0.3, 0.4) is 0 Å². The van der Waals surface area contributed by atoms with Crippen molar-refractivity contribution >= 4 is 17.0 Å². The van der Waals surface area contributed by atoms with Gasteiger partial charge in [-0.25, -0.2) is 4.98 Å². The van der Waals surface area contributed by atoms with Gasteiger partial charge in [0.1, 0.15) is 5.82 Å². The van der Waals surface area contributed by atoms with Crippen LogP contribution in [0.5, 0.6) is 0 Å². The number of imidazole rings is 1. The van der Waals surface area contributed by atoms with Gasteiger partial charge in [-0.2, -0.15) is 0 Å². The smallest absolute Gasteiger partial charge is 0.309 e. The number of methoxy groups -OCH3 is 1. The van der Waals surface area contributed by atoms with Crippen LogP contribution in [0.15, 0.2) is 18.2 Å². The zero-order valence-electron chi connectivity index (χ0n) is 10.4. The molecule has 0 aliphatic heterocycles. The van der Waals surface area contributed by atoms with Crippen molar-refractivity contribution in [3.63, 3.8) is 0 Å². The number of carbonyl (C=O) groups excluding carboxylic acids is 1. The van der Waals surface area contributed by atoms with Crippen LogP contribution in [0, 0.1) is 0 Å². The highest BCUT2D eigenvalue weighted by molar-refractivity contribution is 5.79. The van der Waals surface area contributed by atoms with Gasteiger partial charge < -0.3 is 9.72 Å². The molecule has 0 spiro atoms. The fraction of sp³-hybridized carbons (Fsp3) is 0.429. The average Bonchev–Trinajstić information content (AvgIpc) is 2.68. The largest absolute Gasteiger partial charge is 0.469 e. The van der Waals surface area contributed by atoms with E-state index < -0.39 is 0 Å². The van der Waals surface area contributed by atoms with Gasteiger partial charge in [0, 0.05) is 5.92 Å². The number of H-pyrrole nitrogens is 1. The highest BCUT2D eigenvalue weighted by atomic mass is 16.5. The quantitative estimate of drug-likeness (QED) is 0.844. The van der Waals surface area contributed by atoms with Gasteiger partial charge in [-0.1, -0.05) is 12.5 Å². The van der Waals surface area contributed by atoms with Crippen LogP contribution in [0.4, 0.5) is 0 Å². The number of fused-ring (bicyclic) bond motifs is 1. The third-order valence-electron chi connectivity index (χ3n) is 3.63. The molecule has 0 bridgehead atoms. The van der Waals surface area contributed by atoms with Crippen LogP contribution in [-0.2, 0) is 16.0 Å². The highest BCUT2D eigenvalue weighted by Crippen LogP contribution is 2.35. The minimum Gasteiger partial charge on any atom is -0.469 e. The molecule has 1 fully saturated rings. The fourth-order valence-electron chi connectivity index (χ4n) is 2.30. The number of nitrogens with zero attached hydrogens (tertiary/aromatic N) is 1. The molecule has 1 aromatic heterocycles. The topological polar surface area (TPSA) is 55.0 Å². The lowest BCUT2D eigenvalue weighted by Gasteiger charge is -2.22. The number of nitrogens with one attached hydrogen (secondary N) is 1. The Balaban J connectivity index is 1.88. The molecule has 0 radical (unpaired) electrons. The second-order valence-electron chi connectivity index (χ2n) is 4.85. The van der Waals surface area contributed by atoms with E-state index in [-0.39, 0.29) is 5.97 Å². The van der Waals surface area contributed by atoms with E-state index in [0.717, 1.165) is 22.4 Å². The zero-order chi connectivity index (χ0) is 12.5. The van der Waals surface area contributed by atoms with Crippen molar-refractivity contribution in [3.8, 4) is 0 Å². The predicted octanol–water partition coefficient (Wildman–Crippen LogP) is 2.55. The molecule has 0 atom stereocenters. The molecule has 0 amide bonds. The molecule has 4 nitrogen and oxygen atoms in total. The predicted molar refractivity (Wildman–Crippen MR) is 68.4 cm³/mol. The molecule has 1 N–H and O–H groups in total. The normalized spacial score (nSPS) is 15.6. The number of carbonyl (C=O) groups is 1. The molecule has 4 heteroatoms. The van der Waals surface area contributed by atoms with E-state index in [1.807, 2.05) is 18.2 Å². The van der Waals surface area contributed by atoms with Crippen molar-refractivity contribution in [2.24, 2.45) is 0 Å². The Morgan fingerprint density at radius 3 is 3.00 bits per heavy atom. The summed E-state index contributed by atoms with van der Waals surface area (Å²) in [5.74, 6) is 1.47. The molecule has 0 saturated heterocycles. The lowest BCUT2D eigenvalue weighted by atomic mass is 9.85. The summed E-state index contributed by atoms with van der Waals surface area (Å²) in [6.07, 6.45) is 4.07. The van der Waals surface area contributed by atoms with Gasteiger partial charge in [-0.15, -0.1) is 0 Å². The van der Waals surface area contributed by atoms with Crippen molar-refractivity contribution in [2.75, 3.05) is 7.11 Å². The Morgan fingerprint density at radius 2 is 2.33 bits per heavy atom. The van der Waals surface area contributed by atoms with E-state index in [4.69, 9.17) is 0 Å². The molecule has 1 aliphatic carbocycles. The molecular weight excluding hydrogens is 228 g/mol. The molecule has 1 aromatic carbocycles. The summed E-state index contributed by atoms with van der Waals surface area (Å²) < 4.78 is 4.67. The summed E-state index contributed by atoms with van der Waals surface area (Å²) in [6.45, 7) is 0. The van der Waals surface area contributed by atoms with Gasteiger partial charge in [0.25, 0.3) is 0 Å². The SMILES string of the molecule is COC(=O)Cc1ccc2nc(C3CCC3)[nH]c2c1. The van der Waals surface area contributed by atoms with Crippen LogP contribution >= 0.6 is 0 Å². The van der Waals surface area contributed by atoms with E-state index in [9.17, 15) is 4.79 Å². The summed E-state index contributed by atoms with van der Waals surface area (Å²) >= 11 is 0. The second-order valence-corrected chi connectivity index (χ2v) is 4.85. The molecule has 1 heterocycles. The maximum absolute atomic E-state index is 11.2. The molecular formula is C14H16N2O2. The van der Waals surface area contributed by atoms with Gasteiger partial charge in [-0.05, 0) is 30.5 Å². The number of hydrogen-bond acceptors (Lipinski definition) is 3. The van der Waals surface area contributed by atoms with Crippen molar-refractivity contribution in [3.05, 3.63) is 29.6 Å². The summed E-state index contributed by atoms with van der Waals surface area (Å²) in [5, 5.41) is 0. The maximum atomic E-state index is 11.2. The van der Waals surface area contributed by atoms with Crippen molar-refractivity contribution in [2.45, 2.75) is 31.6 Å². The van der Waals surface area contributed by atoms with Gasteiger partial charge >= 0.3 is 5.97 Å². The number of aromatic nitrogens is 2. The second kappa shape index (κ2) is 4.44. The third kappa shape index (κ3) is 1.98. The number of esters is 1. The number of ether oxygens (including phenoxy) is 1. The first kappa shape index (κ1) is 11.3. The van der Waals surface area contributed by atoms with Crippen LogP contribution in [-0.4, -0.2) is 23.0 Å². The summed E-state index contributed by atoms with van der Waals surface area (Å²) in [4.78, 5) is 19.2. The number of aromatic amines is 1. The van der Waals surface area contributed by atoms with Gasteiger partial charge in [-0.3, -0.25) is 4.79 Å². The lowest BCUT2D eigenvalue weighted by molar-refractivity contribution is -0.139. The fourth-order valence-corrected chi connectivity index (χ4v) is 2.30. The molecule has 1 aliphatic rings. The molecule has 0 unspecified atom stereocenters. The van der Waals surface area contributed by atoms with Crippen LogP contribution < -0.4 is 0 Å². The molecule has 1 saturated carbocycles. The highest BCUT2D eigenvalue weighted by Gasteiger charge is 2.22. The van der Waals surface area contributed by atoms with Crippen molar-refractivity contribution in [1.82, 2.24) is 9.97 Å². The molecule has 3 rings (SSSR count). The van der Waals surface area contributed by atoms with Gasteiger partial charge in [0.05, 0.1) is 24.6 Å². The zero-order valence-corrected chi connectivity index (χ0v) is 10.4. The van der Waals surface area contributed by atoms with Crippen LogP contribution in [0.2, 0.25) is 0 Å². The van der Waals surface area contributed by atoms with E-state index in [0.29, 0.717) is 12.3 Å². The Labute approximate surface area is 105 Å². The van der Waals surface area contributed by atoms with Crippen LogP contribution in [0.25, 0.3) is 11.0 Å². The molecule has 2 aromatic rings. The number of benzene rings is 1. The Bertz CT molecular complexity index is 584. The summed E-state index contributed by atoms with van der Waals surface area (Å²) in [7, 11) is 1.41. The molecule has 94 valence electrons. The summed E-state index contributed by atoms with van der Waals surface area (Å²) in [5.41, 5.74) is 2.95. The minimum atomic E-state index is -0.215. The Kier molecular flexibility index (Phi) is 2.78. The van der Waals surface area contributed by atoms with E-state index >= 15 is 0 Å². The third-order valence-corrected chi connectivity index (χ3v) is 3.63. The first-order chi connectivity index (χ1) is 8.76. The Morgan fingerprint density at radius 1 is 1.50 bits per heavy atom. The first-order valence-corrected chi connectivity index (χ1v) is 6.31. The Hall–Kier alpha value is -1.84.